The summed E-state index contributed by atoms with van der Waals surface area (Å²) in [5.41, 5.74) is 3.74. The van der Waals surface area contributed by atoms with Crippen LogP contribution in [0.2, 0.25) is 0 Å². The smallest absolute Gasteiger partial charge is 0.169 e. The van der Waals surface area contributed by atoms with Gasteiger partial charge in [0.15, 0.2) is 5.11 Å². The van der Waals surface area contributed by atoms with Crippen LogP contribution in [0.4, 0.5) is 5.69 Å². The van der Waals surface area contributed by atoms with Crippen LogP contribution in [0, 0.1) is 0 Å². The molecule has 0 aliphatic carbocycles. The zero-order chi connectivity index (χ0) is 22.6. The highest BCUT2D eigenvalue weighted by Gasteiger charge is 2.38. The van der Waals surface area contributed by atoms with Crippen molar-refractivity contribution in [1.29, 1.82) is 0 Å². The lowest BCUT2D eigenvalue weighted by molar-refractivity contribution is 0.153. The number of hydrogen-bond donors (Lipinski definition) is 2. The first-order chi connectivity index (χ1) is 14.5. The first kappa shape index (κ1) is 23.5. The van der Waals surface area contributed by atoms with Gasteiger partial charge in [-0.2, -0.15) is 0 Å². The van der Waals surface area contributed by atoms with Crippen LogP contribution < -0.4 is 15.5 Å². The van der Waals surface area contributed by atoms with Crippen molar-refractivity contribution in [3.63, 3.8) is 0 Å². The largest absolute Gasteiger partial charge is 0.378 e. The minimum atomic E-state index is 0.0746. The molecule has 3 rings (SSSR count). The van der Waals surface area contributed by atoms with E-state index in [1.807, 2.05) is 18.5 Å². The number of nitrogens with one attached hydrogen (secondary N) is 2. The van der Waals surface area contributed by atoms with E-state index in [0.717, 1.165) is 36.6 Å². The van der Waals surface area contributed by atoms with E-state index in [9.17, 15) is 0 Å². The normalized spacial score (nSPS) is 17.7. The Kier molecular flexibility index (Phi) is 7.22. The number of nitrogens with zero attached hydrogens (tertiary/aromatic N) is 3. The fraction of sp³-hybridized carbons (Fsp3) is 0.520. The van der Waals surface area contributed by atoms with E-state index in [4.69, 9.17) is 12.2 Å². The lowest BCUT2D eigenvalue weighted by atomic mass is 9.80. The summed E-state index contributed by atoms with van der Waals surface area (Å²) in [5, 5.41) is 8.24. The minimum Gasteiger partial charge on any atom is -0.378 e. The van der Waals surface area contributed by atoms with E-state index in [2.05, 4.69) is 97.5 Å². The fourth-order valence-electron chi connectivity index (χ4n) is 4.72. The van der Waals surface area contributed by atoms with Crippen molar-refractivity contribution in [3.05, 3.63) is 59.9 Å². The van der Waals surface area contributed by atoms with Gasteiger partial charge in [0.1, 0.15) is 0 Å². The second-order valence-electron chi connectivity index (χ2n) is 10.2. The molecule has 168 valence electrons. The van der Waals surface area contributed by atoms with Gasteiger partial charge in [-0.1, -0.05) is 18.2 Å². The zero-order valence-electron chi connectivity index (χ0n) is 19.8. The van der Waals surface area contributed by atoms with Crippen LogP contribution in [0.25, 0.3) is 0 Å². The third kappa shape index (κ3) is 6.91. The minimum absolute atomic E-state index is 0.0746. The monoisotopic (exact) mass is 439 g/mol. The quantitative estimate of drug-likeness (QED) is 0.653. The summed E-state index contributed by atoms with van der Waals surface area (Å²) in [5.74, 6) is 0. The Morgan fingerprint density at radius 3 is 2.19 bits per heavy atom. The van der Waals surface area contributed by atoms with Crippen molar-refractivity contribution in [3.8, 4) is 0 Å². The molecule has 1 aliphatic heterocycles. The predicted molar refractivity (Wildman–Crippen MR) is 134 cm³/mol. The van der Waals surface area contributed by atoms with Gasteiger partial charge in [-0.3, -0.25) is 4.98 Å². The highest BCUT2D eigenvalue weighted by atomic mass is 32.1. The van der Waals surface area contributed by atoms with Gasteiger partial charge in [-0.05, 0) is 82.1 Å². The molecule has 6 heteroatoms. The molecule has 1 fully saturated rings. The van der Waals surface area contributed by atoms with Crippen molar-refractivity contribution in [2.24, 2.45) is 0 Å². The second kappa shape index (κ2) is 9.53. The number of piperidine rings is 1. The van der Waals surface area contributed by atoms with Crippen molar-refractivity contribution >= 4 is 23.0 Å². The van der Waals surface area contributed by atoms with Crippen LogP contribution in [0.1, 0.15) is 51.7 Å². The van der Waals surface area contributed by atoms with E-state index in [1.165, 1.54) is 11.3 Å². The molecule has 1 aliphatic rings. The highest BCUT2D eigenvalue weighted by molar-refractivity contribution is 7.80. The van der Waals surface area contributed by atoms with Gasteiger partial charge in [0, 0.05) is 62.4 Å². The molecule has 0 spiro atoms. The lowest BCUT2D eigenvalue weighted by Crippen LogP contribution is -2.62. The Bertz CT molecular complexity index is 845. The second-order valence-corrected chi connectivity index (χ2v) is 10.6. The molecular weight excluding hydrogens is 402 g/mol. The Morgan fingerprint density at radius 2 is 1.65 bits per heavy atom. The van der Waals surface area contributed by atoms with E-state index >= 15 is 0 Å². The van der Waals surface area contributed by atoms with Crippen molar-refractivity contribution in [2.45, 2.75) is 70.7 Å². The van der Waals surface area contributed by atoms with E-state index in [-0.39, 0.29) is 11.1 Å². The molecule has 31 heavy (non-hydrogen) atoms. The number of aromatic nitrogens is 1. The molecular formula is C25H37N5S. The topological polar surface area (TPSA) is 43.4 Å². The number of pyridine rings is 1. The number of thiocarbonyl (C=S) groups is 1. The Balaban J connectivity index is 1.76. The number of rotatable bonds is 6. The molecule has 0 atom stereocenters. The lowest BCUT2D eigenvalue weighted by Gasteiger charge is -2.47. The van der Waals surface area contributed by atoms with Gasteiger partial charge in [-0.15, -0.1) is 0 Å². The number of benzene rings is 1. The van der Waals surface area contributed by atoms with Gasteiger partial charge >= 0.3 is 0 Å². The summed E-state index contributed by atoms with van der Waals surface area (Å²) in [4.78, 5) is 8.65. The number of anilines is 1. The summed E-state index contributed by atoms with van der Waals surface area (Å²) in [6, 6.07) is 13.1. The molecule has 2 N–H and O–H groups in total. The zero-order valence-corrected chi connectivity index (χ0v) is 20.6. The van der Waals surface area contributed by atoms with Gasteiger partial charge in [0.25, 0.3) is 0 Å². The Hall–Kier alpha value is -2.18. The van der Waals surface area contributed by atoms with Gasteiger partial charge in [-0.25, -0.2) is 0 Å². The first-order valence-corrected chi connectivity index (χ1v) is 11.4. The van der Waals surface area contributed by atoms with Gasteiger partial charge in [0.2, 0.25) is 0 Å². The van der Waals surface area contributed by atoms with Crippen LogP contribution in [-0.2, 0) is 13.1 Å². The SMILES string of the molecule is CN(C)c1ccc(CN(Cc2cccnc2)C(=S)NC2CC(C)(C)NC(C)(C)C2)cc1. The molecule has 0 amide bonds. The number of hydrogen-bond acceptors (Lipinski definition) is 4. The maximum atomic E-state index is 5.94. The third-order valence-electron chi connectivity index (χ3n) is 5.73. The Morgan fingerprint density at radius 1 is 1.03 bits per heavy atom. The summed E-state index contributed by atoms with van der Waals surface area (Å²) in [6.07, 6.45) is 5.80. The van der Waals surface area contributed by atoms with Gasteiger partial charge < -0.3 is 20.4 Å². The van der Waals surface area contributed by atoms with E-state index < -0.39 is 0 Å². The molecule has 0 unspecified atom stereocenters. The summed E-state index contributed by atoms with van der Waals surface area (Å²) in [7, 11) is 4.12. The summed E-state index contributed by atoms with van der Waals surface area (Å²) in [6.45, 7) is 10.6. The summed E-state index contributed by atoms with van der Waals surface area (Å²) >= 11 is 5.94. The van der Waals surface area contributed by atoms with Crippen molar-refractivity contribution < 1.29 is 0 Å². The third-order valence-corrected chi connectivity index (χ3v) is 6.10. The molecule has 5 nitrogen and oxygen atoms in total. The molecule has 1 aromatic heterocycles. The molecule has 1 aromatic carbocycles. The predicted octanol–water partition coefficient (Wildman–Crippen LogP) is 4.33. The standard InChI is InChI=1S/C25H37N5S/c1-24(2)14-21(15-25(3,4)28-24)27-23(31)30(18-20-8-7-13-26-16-20)17-19-9-11-22(12-10-19)29(5)6/h7-13,16,21,28H,14-15,17-18H2,1-6H3,(H,27,31). The highest BCUT2D eigenvalue weighted by Crippen LogP contribution is 2.28. The van der Waals surface area contributed by atoms with Crippen molar-refractivity contribution in [2.75, 3.05) is 19.0 Å². The Labute approximate surface area is 193 Å². The maximum absolute atomic E-state index is 5.94. The van der Waals surface area contributed by atoms with Crippen molar-refractivity contribution in [1.82, 2.24) is 20.5 Å². The van der Waals surface area contributed by atoms with Crippen LogP contribution in [0.15, 0.2) is 48.8 Å². The van der Waals surface area contributed by atoms with E-state index in [0.29, 0.717) is 6.04 Å². The maximum Gasteiger partial charge on any atom is 0.169 e. The first-order valence-electron chi connectivity index (χ1n) is 11.0. The van der Waals surface area contributed by atoms with Crippen LogP contribution in [0.5, 0.6) is 0 Å². The van der Waals surface area contributed by atoms with Gasteiger partial charge in [0.05, 0.1) is 0 Å². The molecule has 0 bridgehead atoms. The molecule has 0 radical (unpaired) electrons. The molecule has 2 aromatic rings. The van der Waals surface area contributed by atoms with Crippen LogP contribution in [-0.4, -0.2) is 46.2 Å². The van der Waals surface area contributed by atoms with E-state index in [1.54, 1.807) is 0 Å². The fourth-order valence-corrected chi connectivity index (χ4v) is 5.02. The molecule has 1 saturated heterocycles. The molecule has 2 heterocycles. The average Bonchev–Trinajstić information content (AvgIpc) is 2.66. The van der Waals surface area contributed by atoms with Crippen LogP contribution in [0.3, 0.4) is 0 Å². The summed E-state index contributed by atoms with van der Waals surface area (Å²) < 4.78 is 0. The van der Waals surface area contributed by atoms with Crippen LogP contribution >= 0.6 is 12.2 Å². The average molecular weight is 440 g/mol. The molecule has 0 saturated carbocycles.